The molecule has 2 spiro atoms. The fourth-order valence-electron chi connectivity index (χ4n) is 15.5. The topological polar surface area (TPSA) is 75.3 Å². The monoisotopic (exact) mass is 1080 g/mol. The molecule has 5 heteroatoms. The Morgan fingerprint density at radius 1 is 0.294 bits per heavy atom. The van der Waals surface area contributed by atoms with Crippen LogP contribution in [0, 0.1) is 18.3 Å². The van der Waals surface area contributed by atoms with E-state index in [-0.39, 0.29) is 0 Å². The van der Waals surface area contributed by atoms with Gasteiger partial charge in [0.2, 0.25) is 0 Å². The van der Waals surface area contributed by atoms with Gasteiger partial charge < -0.3 is 0 Å². The Bertz CT molecular complexity index is 5250. The van der Waals surface area contributed by atoms with Crippen LogP contribution in [0.3, 0.4) is 0 Å². The average molecular weight is 1080 g/mol. The first kappa shape index (κ1) is 47.4. The number of aromatic nitrogens is 4. The number of hydrogen-bond acceptors (Lipinski definition) is 5. The number of fused-ring (bicyclic) bond motifs is 22. The second kappa shape index (κ2) is 17.7. The molecule has 5 nitrogen and oxygen atoms in total. The fraction of sp³-hybridized carbons (Fsp3) is 0.0375. The summed E-state index contributed by atoms with van der Waals surface area (Å²) >= 11 is 0. The third-order valence-electron chi connectivity index (χ3n) is 18.8. The summed E-state index contributed by atoms with van der Waals surface area (Å²) in [5.74, 6) is 1.32. The van der Waals surface area contributed by atoms with Gasteiger partial charge >= 0.3 is 0 Å². The molecule has 85 heavy (non-hydrogen) atoms. The van der Waals surface area contributed by atoms with E-state index >= 15 is 0 Å². The number of para-hydroxylation sites is 2. The van der Waals surface area contributed by atoms with Gasteiger partial charge in [-0.05, 0) is 137 Å². The van der Waals surface area contributed by atoms with Gasteiger partial charge in [0, 0.05) is 33.0 Å². The van der Waals surface area contributed by atoms with Gasteiger partial charge in [-0.3, -0.25) is 0 Å². The first-order valence-electron chi connectivity index (χ1n) is 29.1. The first-order chi connectivity index (χ1) is 42.0. The van der Waals surface area contributed by atoms with Gasteiger partial charge in [-0.2, -0.15) is 5.26 Å². The van der Waals surface area contributed by atoms with Crippen molar-refractivity contribution in [3.05, 3.63) is 323 Å². The lowest BCUT2D eigenvalue weighted by Gasteiger charge is -2.30. The molecule has 392 valence electrons. The van der Waals surface area contributed by atoms with Gasteiger partial charge in [-0.15, -0.1) is 0 Å². The highest BCUT2D eigenvalue weighted by Crippen LogP contribution is 2.66. The van der Waals surface area contributed by atoms with E-state index in [4.69, 9.17) is 19.9 Å². The Balaban J connectivity index is 0.829. The molecule has 1 unspecified atom stereocenters. The smallest absolute Gasteiger partial charge is 0.161 e. The average Bonchev–Trinajstić information content (AvgIpc) is 1.56. The molecule has 14 aromatic rings. The van der Waals surface area contributed by atoms with E-state index in [1.54, 1.807) is 0 Å². The van der Waals surface area contributed by atoms with Crippen molar-refractivity contribution in [3.8, 4) is 107 Å². The maximum atomic E-state index is 11.1. The predicted octanol–water partition coefficient (Wildman–Crippen LogP) is 18.8. The van der Waals surface area contributed by atoms with Gasteiger partial charge in [0.1, 0.15) is 0 Å². The van der Waals surface area contributed by atoms with Crippen LogP contribution in [0.25, 0.3) is 123 Å². The molecule has 0 N–H and O–H groups in total. The second-order valence-corrected chi connectivity index (χ2v) is 23.0. The lowest BCUT2D eigenvalue weighted by atomic mass is 9.70. The molecule has 0 fully saturated rings. The van der Waals surface area contributed by atoms with Crippen LogP contribution >= 0.6 is 0 Å². The third-order valence-corrected chi connectivity index (χ3v) is 18.8. The molecule has 0 amide bonds. The van der Waals surface area contributed by atoms with Crippen LogP contribution in [0.15, 0.2) is 267 Å². The number of benzene rings is 12. The van der Waals surface area contributed by atoms with Crippen molar-refractivity contribution in [2.45, 2.75) is 17.8 Å². The van der Waals surface area contributed by atoms with Crippen LogP contribution in [0.2, 0.25) is 0 Å². The number of hydrogen-bond donors (Lipinski definition) is 0. The SMILES string of the molecule is Cc1ccc(-c2nc(-c3cccc4c3-c3ccccc3C43c4ccccc4-c4c(-c5cc(C#N)cc(-c6nc(-c7cccc8c7-c7ccccc7C87c8ccccc8-c8ccccc87)nc7ccccc67)c5)cccc43)nc3ccccc23)cc1. The Hall–Kier alpha value is -11.2. The quantitative estimate of drug-likeness (QED) is 0.172. The molecule has 1 atom stereocenters. The van der Waals surface area contributed by atoms with E-state index in [1.807, 2.05) is 18.2 Å². The van der Waals surface area contributed by atoms with Crippen molar-refractivity contribution in [1.82, 2.24) is 19.9 Å². The molecule has 0 saturated heterocycles. The summed E-state index contributed by atoms with van der Waals surface area (Å²) in [6.45, 7) is 2.12. The molecule has 0 bridgehead atoms. The van der Waals surface area contributed by atoms with Gasteiger partial charge in [-0.25, -0.2) is 19.9 Å². The van der Waals surface area contributed by atoms with Gasteiger partial charge in [0.15, 0.2) is 11.6 Å². The summed E-state index contributed by atoms with van der Waals surface area (Å²) in [6.07, 6.45) is 0. The summed E-state index contributed by atoms with van der Waals surface area (Å²) < 4.78 is 0. The highest BCUT2D eigenvalue weighted by atomic mass is 14.9. The zero-order chi connectivity index (χ0) is 56.1. The first-order valence-corrected chi connectivity index (χ1v) is 29.1. The van der Waals surface area contributed by atoms with Crippen LogP contribution in [0.1, 0.15) is 55.6 Å². The molecular weight excluding hydrogens is 1030 g/mol. The summed E-state index contributed by atoms with van der Waals surface area (Å²) in [5, 5.41) is 13.0. The van der Waals surface area contributed by atoms with Gasteiger partial charge in [0.05, 0.1) is 44.9 Å². The summed E-state index contributed by atoms with van der Waals surface area (Å²) in [7, 11) is 0. The minimum atomic E-state index is -0.677. The van der Waals surface area contributed by atoms with Crippen LogP contribution in [0.5, 0.6) is 0 Å². The predicted molar refractivity (Wildman–Crippen MR) is 342 cm³/mol. The number of rotatable bonds is 5. The zero-order valence-corrected chi connectivity index (χ0v) is 46.1. The van der Waals surface area contributed by atoms with E-state index in [1.165, 1.54) is 66.8 Å². The van der Waals surface area contributed by atoms with Gasteiger partial charge in [-0.1, -0.05) is 242 Å². The lowest BCUT2D eigenvalue weighted by molar-refractivity contribution is 0.794. The van der Waals surface area contributed by atoms with Crippen molar-refractivity contribution in [2.75, 3.05) is 0 Å². The Labute approximate surface area is 491 Å². The minimum Gasteiger partial charge on any atom is -0.228 e. The van der Waals surface area contributed by atoms with Crippen LogP contribution in [-0.4, -0.2) is 19.9 Å². The molecule has 18 rings (SSSR count). The molecule has 12 aromatic carbocycles. The maximum Gasteiger partial charge on any atom is 0.161 e. The molecule has 4 aliphatic rings. The molecule has 4 aliphatic carbocycles. The molecule has 2 heterocycles. The van der Waals surface area contributed by atoms with E-state index in [2.05, 4.69) is 262 Å². The van der Waals surface area contributed by atoms with Crippen molar-refractivity contribution in [3.63, 3.8) is 0 Å². The number of nitrogens with zero attached hydrogens (tertiary/aromatic N) is 5. The number of nitriles is 1. The van der Waals surface area contributed by atoms with E-state index in [0.717, 1.165) is 94.4 Å². The highest BCUT2D eigenvalue weighted by Gasteiger charge is 2.54. The highest BCUT2D eigenvalue weighted by molar-refractivity contribution is 6.05. The molecule has 0 radical (unpaired) electrons. The molecule has 0 saturated carbocycles. The Kier molecular flexibility index (Phi) is 9.86. The fourth-order valence-corrected chi connectivity index (χ4v) is 15.5. The minimum absolute atomic E-state index is 0.513. The summed E-state index contributed by atoms with van der Waals surface area (Å²) in [4.78, 5) is 21.9. The van der Waals surface area contributed by atoms with Crippen LogP contribution in [0.4, 0.5) is 0 Å². The summed E-state index contributed by atoms with van der Waals surface area (Å²) in [6, 6.07) is 98.8. The van der Waals surface area contributed by atoms with E-state index < -0.39 is 10.8 Å². The standard InChI is InChI=1S/C80H47N5/c1-47-39-41-49(42-40-47)75-58-24-7-14-37-70(58)82-77(84-75)61-28-18-36-69-74(61)57-23-6-13-33-66(57)80(69)65-32-12-4-21-55(65)72-52(26-16-34-67(72)80)50-43-48(46-81)44-51(45-50)76-59-25-8-15-38-71(59)83-78(85-76)60-27-17-35-68-73(60)56-22-5-11-31-64(56)79(68)62-29-9-2-19-53(62)54-20-3-10-30-63(54)79/h2-45H,1H3. The number of aryl methyl sites for hydroxylation is 1. The Morgan fingerprint density at radius 3 is 1.13 bits per heavy atom. The third kappa shape index (κ3) is 6.35. The Morgan fingerprint density at radius 2 is 0.647 bits per heavy atom. The molecule has 2 aromatic heterocycles. The largest absolute Gasteiger partial charge is 0.228 e. The maximum absolute atomic E-state index is 11.1. The van der Waals surface area contributed by atoms with E-state index in [9.17, 15) is 5.26 Å². The van der Waals surface area contributed by atoms with E-state index in [0.29, 0.717) is 17.2 Å². The molecular formula is C80H47N5. The second-order valence-electron chi connectivity index (χ2n) is 23.0. The normalized spacial score (nSPS) is 14.8. The van der Waals surface area contributed by atoms with Gasteiger partial charge in [0.25, 0.3) is 0 Å². The van der Waals surface area contributed by atoms with Crippen molar-refractivity contribution in [2.24, 2.45) is 0 Å². The van der Waals surface area contributed by atoms with Crippen LogP contribution in [-0.2, 0) is 10.8 Å². The van der Waals surface area contributed by atoms with Crippen molar-refractivity contribution in [1.29, 1.82) is 5.26 Å². The van der Waals surface area contributed by atoms with Crippen molar-refractivity contribution >= 4 is 21.8 Å². The van der Waals surface area contributed by atoms with Crippen molar-refractivity contribution < 1.29 is 0 Å². The van der Waals surface area contributed by atoms with Crippen LogP contribution < -0.4 is 0 Å². The molecule has 0 aliphatic heterocycles. The summed E-state index contributed by atoms with van der Waals surface area (Å²) in [5.41, 5.74) is 29.1. The lowest BCUT2D eigenvalue weighted by Crippen LogP contribution is -2.25. The zero-order valence-electron chi connectivity index (χ0n) is 46.1.